The fourth-order valence-electron chi connectivity index (χ4n) is 3.22. The molecule has 0 radical (unpaired) electrons. The van der Waals surface area contributed by atoms with Crippen molar-refractivity contribution in [3.63, 3.8) is 0 Å². The van der Waals surface area contributed by atoms with E-state index >= 15 is 0 Å². The number of nitrogens with one attached hydrogen (secondary N) is 1. The van der Waals surface area contributed by atoms with Crippen molar-refractivity contribution in [3.05, 3.63) is 95.0 Å². The summed E-state index contributed by atoms with van der Waals surface area (Å²) in [5, 5.41) is 3.31. The monoisotopic (exact) mass is 362 g/mol. The summed E-state index contributed by atoms with van der Waals surface area (Å²) in [5.74, 6) is -0.840. The number of rotatable bonds is 2. The molecular formula is C21H15ClN2O2. The zero-order chi connectivity index (χ0) is 18.1. The Morgan fingerprint density at radius 1 is 0.923 bits per heavy atom. The number of para-hydroxylation sites is 1. The topological polar surface area (TPSA) is 49.4 Å². The molecule has 1 aliphatic heterocycles. The van der Waals surface area contributed by atoms with Crippen molar-refractivity contribution in [2.24, 2.45) is 0 Å². The third-order valence-electron chi connectivity index (χ3n) is 4.37. The highest BCUT2D eigenvalue weighted by Crippen LogP contribution is 2.42. The van der Waals surface area contributed by atoms with E-state index in [1.165, 1.54) is 4.90 Å². The van der Waals surface area contributed by atoms with Gasteiger partial charge in [-0.2, -0.15) is 0 Å². The largest absolute Gasteiger partial charge is 0.333 e. The van der Waals surface area contributed by atoms with Crippen LogP contribution >= 0.6 is 11.6 Å². The van der Waals surface area contributed by atoms with E-state index in [1.54, 1.807) is 30.3 Å². The molecule has 3 amide bonds. The van der Waals surface area contributed by atoms with Crippen LogP contribution in [0.4, 0.5) is 16.2 Å². The molecule has 5 heteroatoms. The standard InChI is InChI=1S/C21H15ClN2O2/c22-15-11-12-18-17(13-15)19(14-7-3-1-4-8-14)20(25)24(18)21(26)23-16-9-5-2-6-10-16/h1-13,19H,(H,23,26). The van der Waals surface area contributed by atoms with Crippen molar-refractivity contribution in [1.29, 1.82) is 0 Å². The highest BCUT2D eigenvalue weighted by Gasteiger charge is 2.41. The molecule has 26 heavy (non-hydrogen) atoms. The molecule has 0 spiro atoms. The number of urea groups is 1. The van der Waals surface area contributed by atoms with Crippen LogP contribution in [0.15, 0.2) is 78.9 Å². The first-order valence-electron chi connectivity index (χ1n) is 8.19. The van der Waals surface area contributed by atoms with Crippen LogP contribution in [-0.4, -0.2) is 11.9 Å². The van der Waals surface area contributed by atoms with Gasteiger partial charge in [0.05, 0.1) is 11.6 Å². The zero-order valence-electron chi connectivity index (χ0n) is 13.7. The number of fused-ring (bicyclic) bond motifs is 1. The van der Waals surface area contributed by atoms with E-state index < -0.39 is 11.9 Å². The summed E-state index contributed by atoms with van der Waals surface area (Å²) in [7, 11) is 0. The summed E-state index contributed by atoms with van der Waals surface area (Å²) in [5.41, 5.74) is 2.75. The summed E-state index contributed by atoms with van der Waals surface area (Å²) in [6.07, 6.45) is 0. The van der Waals surface area contributed by atoms with E-state index in [0.29, 0.717) is 16.4 Å². The Labute approximate surface area is 156 Å². The highest BCUT2D eigenvalue weighted by molar-refractivity contribution is 6.31. The van der Waals surface area contributed by atoms with E-state index in [0.717, 1.165) is 11.1 Å². The molecule has 4 rings (SSSR count). The molecule has 128 valence electrons. The van der Waals surface area contributed by atoms with Gasteiger partial charge in [-0.1, -0.05) is 60.1 Å². The van der Waals surface area contributed by atoms with Crippen molar-refractivity contribution < 1.29 is 9.59 Å². The summed E-state index contributed by atoms with van der Waals surface area (Å²) >= 11 is 6.15. The summed E-state index contributed by atoms with van der Waals surface area (Å²) in [4.78, 5) is 27.1. The number of imide groups is 1. The van der Waals surface area contributed by atoms with Crippen LogP contribution in [0.25, 0.3) is 0 Å². The summed E-state index contributed by atoms with van der Waals surface area (Å²) < 4.78 is 0. The van der Waals surface area contributed by atoms with Crippen LogP contribution < -0.4 is 10.2 Å². The van der Waals surface area contributed by atoms with Crippen LogP contribution in [0.1, 0.15) is 17.0 Å². The van der Waals surface area contributed by atoms with Gasteiger partial charge in [-0.15, -0.1) is 0 Å². The lowest BCUT2D eigenvalue weighted by molar-refractivity contribution is -0.117. The Bertz CT molecular complexity index is 974. The molecule has 1 unspecified atom stereocenters. The number of carbonyl (C=O) groups excluding carboxylic acids is 2. The molecular weight excluding hydrogens is 348 g/mol. The van der Waals surface area contributed by atoms with Gasteiger partial charge >= 0.3 is 6.03 Å². The first kappa shape index (κ1) is 16.4. The summed E-state index contributed by atoms with van der Waals surface area (Å²) in [6, 6.07) is 23.1. The normalized spacial score (nSPS) is 15.7. The second-order valence-electron chi connectivity index (χ2n) is 6.02. The van der Waals surface area contributed by atoms with Gasteiger partial charge in [-0.3, -0.25) is 4.79 Å². The summed E-state index contributed by atoms with van der Waals surface area (Å²) in [6.45, 7) is 0. The van der Waals surface area contributed by atoms with E-state index in [2.05, 4.69) is 5.32 Å². The second kappa shape index (κ2) is 6.65. The average molecular weight is 363 g/mol. The average Bonchev–Trinajstić information content (AvgIpc) is 2.94. The molecule has 0 aromatic heterocycles. The lowest BCUT2D eigenvalue weighted by Crippen LogP contribution is -2.38. The molecule has 0 fully saturated rings. The molecule has 0 saturated carbocycles. The maximum absolute atomic E-state index is 13.1. The number of amides is 3. The Balaban J connectivity index is 1.75. The zero-order valence-corrected chi connectivity index (χ0v) is 14.5. The van der Waals surface area contributed by atoms with Gasteiger partial charge in [0.1, 0.15) is 0 Å². The molecule has 0 saturated heterocycles. The Morgan fingerprint density at radius 2 is 1.58 bits per heavy atom. The smallest absolute Gasteiger partial charge is 0.307 e. The molecule has 0 bridgehead atoms. The number of hydrogen-bond acceptors (Lipinski definition) is 2. The number of anilines is 2. The Morgan fingerprint density at radius 3 is 2.27 bits per heavy atom. The van der Waals surface area contributed by atoms with Gasteiger partial charge < -0.3 is 5.32 Å². The molecule has 4 nitrogen and oxygen atoms in total. The van der Waals surface area contributed by atoms with Gasteiger partial charge in [0.25, 0.3) is 0 Å². The quantitative estimate of drug-likeness (QED) is 0.693. The van der Waals surface area contributed by atoms with Crippen molar-refractivity contribution in [2.45, 2.75) is 5.92 Å². The lowest BCUT2D eigenvalue weighted by Gasteiger charge is -2.17. The van der Waals surface area contributed by atoms with E-state index in [4.69, 9.17) is 11.6 Å². The van der Waals surface area contributed by atoms with Crippen LogP contribution in [0.5, 0.6) is 0 Å². The minimum Gasteiger partial charge on any atom is -0.307 e. The van der Waals surface area contributed by atoms with Crippen LogP contribution in [0, 0.1) is 0 Å². The predicted octanol–water partition coefficient (Wildman–Crippen LogP) is 5.05. The molecule has 1 atom stereocenters. The SMILES string of the molecule is O=C(Nc1ccccc1)N1C(=O)C(c2ccccc2)c2cc(Cl)ccc21. The van der Waals surface area contributed by atoms with Crippen molar-refractivity contribution in [1.82, 2.24) is 0 Å². The number of halogens is 1. The molecule has 3 aromatic rings. The first-order valence-corrected chi connectivity index (χ1v) is 8.57. The third-order valence-corrected chi connectivity index (χ3v) is 4.60. The van der Waals surface area contributed by atoms with Crippen molar-refractivity contribution in [2.75, 3.05) is 10.2 Å². The van der Waals surface area contributed by atoms with E-state index in [-0.39, 0.29) is 5.91 Å². The molecule has 1 heterocycles. The molecule has 1 N–H and O–H groups in total. The minimum absolute atomic E-state index is 0.290. The fraction of sp³-hybridized carbons (Fsp3) is 0.0476. The fourth-order valence-corrected chi connectivity index (χ4v) is 3.40. The number of nitrogens with zero attached hydrogens (tertiary/aromatic N) is 1. The molecule has 0 aliphatic carbocycles. The van der Waals surface area contributed by atoms with Gasteiger partial charge in [0, 0.05) is 10.7 Å². The van der Waals surface area contributed by atoms with Crippen molar-refractivity contribution in [3.8, 4) is 0 Å². The van der Waals surface area contributed by atoms with Gasteiger partial charge in [-0.25, -0.2) is 9.69 Å². The minimum atomic E-state index is -0.550. The van der Waals surface area contributed by atoms with Crippen LogP contribution in [0.3, 0.4) is 0 Å². The Kier molecular flexibility index (Phi) is 4.19. The van der Waals surface area contributed by atoms with Crippen LogP contribution in [0.2, 0.25) is 5.02 Å². The van der Waals surface area contributed by atoms with E-state index in [1.807, 2.05) is 48.5 Å². The number of carbonyl (C=O) groups is 2. The third kappa shape index (κ3) is 2.85. The maximum Gasteiger partial charge on any atom is 0.333 e. The van der Waals surface area contributed by atoms with Gasteiger partial charge in [-0.05, 0) is 41.5 Å². The second-order valence-corrected chi connectivity index (χ2v) is 6.45. The van der Waals surface area contributed by atoms with E-state index in [9.17, 15) is 9.59 Å². The maximum atomic E-state index is 13.1. The first-order chi connectivity index (χ1) is 12.6. The predicted molar refractivity (Wildman–Crippen MR) is 103 cm³/mol. The number of hydrogen-bond donors (Lipinski definition) is 1. The number of benzene rings is 3. The molecule has 3 aromatic carbocycles. The Hall–Kier alpha value is -3.11. The molecule has 1 aliphatic rings. The van der Waals surface area contributed by atoms with Crippen LogP contribution in [-0.2, 0) is 4.79 Å². The van der Waals surface area contributed by atoms with Gasteiger partial charge in [0.15, 0.2) is 0 Å². The lowest BCUT2D eigenvalue weighted by atomic mass is 9.93. The highest BCUT2D eigenvalue weighted by atomic mass is 35.5. The van der Waals surface area contributed by atoms with Crippen molar-refractivity contribution >= 4 is 34.9 Å². The van der Waals surface area contributed by atoms with Gasteiger partial charge in [0.2, 0.25) is 5.91 Å².